The summed E-state index contributed by atoms with van der Waals surface area (Å²) in [6.07, 6.45) is 0. The zero-order valence-electron chi connectivity index (χ0n) is 15.7. The molecule has 3 heterocycles. The lowest BCUT2D eigenvalue weighted by molar-refractivity contribution is 0.0912. The second kappa shape index (κ2) is 7.25. The Bertz CT molecular complexity index is 1160. The van der Waals surface area contributed by atoms with Gasteiger partial charge in [0.1, 0.15) is 13.2 Å². The highest BCUT2D eigenvalue weighted by atomic mass is 32.1. The Hall–Kier alpha value is -3.32. The zero-order chi connectivity index (χ0) is 19.8. The molecule has 0 unspecified atom stereocenters. The molecule has 0 radical (unpaired) electrons. The molecule has 7 heteroatoms. The topological polar surface area (TPSA) is 73.6 Å². The number of fused-ring (bicyclic) bond motifs is 2. The number of hydrogen-bond acceptors (Lipinski definition) is 6. The molecule has 29 heavy (non-hydrogen) atoms. The van der Waals surface area contributed by atoms with Crippen LogP contribution < -0.4 is 14.8 Å². The van der Waals surface area contributed by atoms with Crippen LogP contribution in [-0.2, 0) is 0 Å². The number of thiazole rings is 1. The fourth-order valence-electron chi connectivity index (χ4n) is 3.23. The second-order valence-electron chi connectivity index (χ2n) is 6.75. The Balaban J connectivity index is 1.32. The number of nitrogens with one attached hydrogen (secondary N) is 1. The summed E-state index contributed by atoms with van der Waals surface area (Å²) >= 11 is 1.54. The van der Waals surface area contributed by atoms with Gasteiger partial charge in [-0.25, -0.2) is 4.98 Å². The Kier molecular flexibility index (Phi) is 4.44. The van der Waals surface area contributed by atoms with Crippen LogP contribution in [0.3, 0.4) is 0 Å². The molecule has 1 aliphatic rings. The number of furan rings is 1. The standard InChI is InChI=1S/C22H18N2O4S/c1-13(14-6-7-16-19(12-14)27-11-10-26-16)23-21(25)17-8-9-18(28-17)22-24-15-4-2-3-5-20(15)29-22/h2-9,12-13H,10-11H2,1H3,(H,23,25)/t13-/m0/s1. The first-order valence-electron chi connectivity index (χ1n) is 9.33. The van der Waals surface area contributed by atoms with Crippen LogP contribution in [0.25, 0.3) is 21.0 Å². The summed E-state index contributed by atoms with van der Waals surface area (Å²) in [6, 6.07) is 16.8. The Morgan fingerprint density at radius 2 is 1.90 bits per heavy atom. The molecule has 2 aromatic heterocycles. The highest BCUT2D eigenvalue weighted by Gasteiger charge is 2.19. The first-order chi connectivity index (χ1) is 14.2. The molecule has 0 fully saturated rings. The largest absolute Gasteiger partial charge is 0.486 e. The highest BCUT2D eigenvalue weighted by molar-refractivity contribution is 7.21. The minimum atomic E-state index is -0.278. The molecule has 4 aromatic rings. The van der Waals surface area contributed by atoms with Crippen molar-refractivity contribution in [2.75, 3.05) is 13.2 Å². The highest BCUT2D eigenvalue weighted by Crippen LogP contribution is 2.33. The van der Waals surface area contributed by atoms with Gasteiger partial charge in [-0.05, 0) is 48.9 Å². The van der Waals surface area contributed by atoms with Crippen molar-refractivity contribution in [2.45, 2.75) is 13.0 Å². The minimum absolute atomic E-state index is 0.214. The maximum Gasteiger partial charge on any atom is 0.287 e. The van der Waals surface area contributed by atoms with E-state index in [0.717, 1.165) is 26.5 Å². The van der Waals surface area contributed by atoms with Crippen LogP contribution in [0.5, 0.6) is 11.5 Å². The molecule has 0 bridgehead atoms. The van der Waals surface area contributed by atoms with Gasteiger partial charge in [0, 0.05) is 0 Å². The smallest absolute Gasteiger partial charge is 0.287 e. The van der Waals surface area contributed by atoms with E-state index in [1.54, 1.807) is 12.1 Å². The van der Waals surface area contributed by atoms with Gasteiger partial charge >= 0.3 is 0 Å². The van der Waals surface area contributed by atoms with E-state index in [-0.39, 0.29) is 17.7 Å². The molecule has 1 atom stereocenters. The lowest BCUT2D eigenvalue weighted by atomic mass is 10.1. The predicted octanol–water partition coefficient (Wildman–Crippen LogP) is 4.82. The van der Waals surface area contributed by atoms with Gasteiger partial charge in [-0.2, -0.15) is 0 Å². The van der Waals surface area contributed by atoms with Gasteiger partial charge in [0.15, 0.2) is 28.0 Å². The number of carbonyl (C=O) groups is 1. The summed E-state index contributed by atoms with van der Waals surface area (Å²) in [5.74, 6) is 1.99. The number of ether oxygens (including phenoxy) is 2. The Labute approximate surface area is 171 Å². The number of carbonyl (C=O) groups excluding carboxylic acids is 1. The summed E-state index contributed by atoms with van der Waals surface area (Å²) in [4.78, 5) is 17.2. The maximum atomic E-state index is 12.7. The summed E-state index contributed by atoms with van der Waals surface area (Å²) in [5, 5.41) is 3.72. The van der Waals surface area contributed by atoms with Crippen LogP contribution in [0.2, 0.25) is 0 Å². The van der Waals surface area contributed by atoms with E-state index in [9.17, 15) is 4.79 Å². The van der Waals surface area contributed by atoms with Crippen LogP contribution in [0.4, 0.5) is 0 Å². The third-order valence-electron chi connectivity index (χ3n) is 4.75. The number of hydrogen-bond donors (Lipinski definition) is 1. The average Bonchev–Trinajstić information content (AvgIpc) is 3.40. The van der Waals surface area contributed by atoms with Gasteiger partial charge in [0.2, 0.25) is 0 Å². The quantitative estimate of drug-likeness (QED) is 0.526. The first-order valence-corrected chi connectivity index (χ1v) is 10.2. The lowest BCUT2D eigenvalue weighted by Crippen LogP contribution is -2.26. The molecule has 1 N–H and O–H groups in total. The Morgan fingerprint density at radius 1 is 1.07 bits per heavy atom. The van der Waals surface area contributed by atoms with E-state index in [2.05, 4.69) is 10.3 Å². The number of aromatic nitrogens is 1. The van der Waals surface area contributed by atoms with Gasteiger partial charge in [-0.1, -0.05) is 18.2 Å². The van der Waals surface area contributed by atoms with E-state index in [4.69, 9.17) is 13.9 Å². The zero-order valence-corrected chi connectivity index (χ0v) is 16.5. The summed E-state index contributed by atoms with van der Waals surface area (Å²) in [6.45, 7) is 2.99. The van der Waals surface area contributed by atoms with Gasteiger partial charge in [0.25, 0.3) is 5.91 Å². The number of rotatable bonds is 4. The minimum Gasteiger partial charge on any atom is -0.486 e. The fourth-order valence-corrected chi connectivity index (χ4v) is 4.16. The molecule has 2 aromatic carbocycles. The predicted molar refractivity (Wildman–Crippen MR) is 111 cm³/mol. The first kappa shape index (κ1) is 17.8. The molecule has 0 aliphatic carbocycles. The number of benzene rings is 2. The van der Waals surface area contributed by atoms with Gasteiger partial charge < -0.3 is 19.2 Å². The molecule has 146 valence electrons. The van der Waals surface area contributed by atoms with Crippen molar-refractivity contribution < 1.29 is 18.7 Å². The molecule has 0 saturated carbocycles. The van der Waals surface area contributed by atoms with Crippen molar-refractivity contribution >= 4 is 27.5 Å². The van der Waals surface area contributed by atoms with E-state index in [1.165, 1.54) is 11.3 Å². The monoisotopic (exact) mass is 406 g/mol. The maximum absolute atomic E-state index is 12.7. The number of para-hydroxylation sites is 1. The molecule has 1 amide bonds. The van der Waals surface area contributed by atoms with Crippen molar-refractivity contribution in [3.05, 3.63) is 65.9 Å². The lowest BCUT2D eigenvalue weighted by Gasteiger charge is -2.21. The fraction of sp³-hybridized carbons (Fsp3) is 0.182. The van der Waals surface area contributed by atoms with Gasteiger partial charge in [-0.3, -0.25) is 4.79 Å². The molecular weight excluding hydrogens is 388 g/mol. The van der Waals surface area contributed by atoms with Gasteiger partial charge in [-0.15, -0.1) is 11.3 Å². The SMILES string of the molecule is C[C@H](NC(=O)c1ccc(-c2nc3ccccc3s2)o1)c1ccc2c(c1)OCCO2. The van der Waals surface area contributed by atoms with Crippen molar-refractivity contribution in [3.8, 4) is 22.3 Å². The van der Waals surface area contributed by atoms with Crippen molar-refractivity contribution in [3.63, 3.8) is 0 Å². The van der Waals surface area contributed by atoms with E-state index >= 15 is 0 Å². The third kappa shape index (κ3) is 3.45. The van der Waals surface area contributed by atoms with E-state index in [1.807, 2.05) is 49.4 Å². The van der Waals surface area contributed by atoms with Crippen LogP contribution in [0, 0.1) is 0 Å². The third-order valence-corrected chi connectivity index (χ3v) is 5.80. The molecule has 6 nitrogen and oxygen atoms in total. The summed E-state index contributed by atoms with van der Waals surface area (Å²) < 4.78 is 18.0. The van der Waals surface area contributed by atoms with Crippen molar-refractivity contribution in [2.24, 2.45) is 0 Å². The normalized spacial score (nSPS) is 14.0. The van der Waals surface area contributed by atoms with E-state index < -0.39 is 0 Å². The summed E-state index contributed by atoms with van der Waals surface area (Å²) in [5.41, 5.74) is 1.85. The van der Waals surface area contributed by atoms with Crippen LogP contribution in [0.15, 0.2) is 59.0 Å². The molecule has 0 saturated heterocycles. The van der Waals surface area contributed by atoms with E-state index in [0.29, 0.717) is 24.7 Å². The van der Waals surface area contributed by atoms with Gasteiger partial charge in [0.05, 0.1) is 16.3 Å². The summed E-state index contributed by atoms with van der Waals surface area (Å²) in [7, 11) is 0. The molecule has 5 rings (SSSR count). The van der Waals surface area contributed by atoms with Crippen LogP contribution >= 0.6 is 11.3 Å². The van der Waals surface area contributed by atoms with Crippen LogP contribution in [0.1, 0.15) is 29.1 Å². The average molecular weight is 406 g/mol. The van der Waals surface area contributed by atoms with Crippen molar-refractivity contribution in [1.82, 2.24) is 10.3 Å². The Morgan fingerprint density at radius 3 is 2.76 bits per heavy atom. The number of amides is 1. The number of nitrogens with zero attached hydrogens (tertiary/aromatic N) is 1. The molecular formula is C22H18N2O4S. The second-order valence-corrected chi connectivity index (χ2v) is 7.78. The molecule has 1 aliphatic heterocycles. The molecule has 0 spiro atoms. The van der Waals surface area contributed by atoms with Crippen molar-refractivity contribution in [1.29, 1.82) is 0 Å². The van der Waals surface area contributed by atoms with Crippen LogP contribution in [-0.4, -0.2) is 24.1 Å².